The fourth-order valence-corrected chi connectivity index (χ4v) is 14.1. The third kappa shape index (κ3) is 10.4. The summed E-state index contributed by atoms with van der Waals surface area (Å²) in [6, 6.07) is 36.9. The number of ether oxygens (including phenoxy) is 1. The molecule has 5 heterocycles. The highest BCUT2D eigenvalue weighted by Crippen LogP contribution is 2.52. The zero-order valence-corrected chi connectivity index (χ0v) is 44.7. The highest BCUT2D eigenvalue weighted by atomic mass is 32.1. The Morgan fingerprint density at radius 3 is 1.81 bits per heavy atom. The minimum atomic E-state index is 0. The number of amides is 1. The predicted molar refractivity (Wildman–Crippen MR) is 306 cm³/mol. The van der Waals surface area contributed by atoms with Gasteiger partial charge in [-0.2, -0.15) is 0 Å². The summed E-state index contributed by atoms with van der Waals surface area (Å²) in [4.78, 5) is 27.8. The fourth-order valence-electron chi connectivity index (χ4n) is 13.8. The average molecular weight is 1000 g/mol. The van der Waals surface area contributed by atoms with Gasteiger partial charge in [-0.1, -0.05) is 61.0 Å². The van der Waals surface area contributed by atoms with E-state index >= 15 is 0 Å². The van der Waals surface area contributed by atoms with E-state index in [0.717, 1.165) is 90.6 Å². The minimum absolute atomic E-state index is 0. The molecular weight excluding hydrogens is 919 g/mol. The van der Waals surface area contributed by atoms with Crippen molar-refractivity contribution >= 4 is 40.3 Å². The van der Waals surface area contributed by atoms with E-state index in [1.807, 2.05) is 36.4 Å². The first-order chi connectivity index (χ1) is 35.0. The molecule has 0 radical (unpaired) electrons. The van der Waals surface area contributed by atoms with Crippen LogP contribution in [-0.4, -0.2) is 111 Å². The number of carbonyl (C=O) groups excluding carboxylic acids is 1. The van der Waals surface area contributed by atoms with Gasteiger partial charge in [0.05, 0.1) is 13.2 Å². The van der Waals surface area contributed by atoms with E-state index in [0.29, 0.717) is 18.0 Å². The van der Waals surface area contributed by atoms with Crippen molar-refractivity contribution in [2.75, 3.05) is 95.2 Å². The van der Waals surface area contributed by atoms with Crippen LogP contribution in [0.1, 0.15) is 162 Å². The summed E-state index contributed by atoms with van der Waals surface area (Å²) >= 11 is 5.72. The quantitative estimate of drug-likeness (QED) is 0.174. The average Bonchev–Trinajstić information content (AvgIpc) is 4.00. The van der Waals surface area contributed by atoms with Crippen molar-refractivity contribution < 1.29 is 9.53 Å². The second-order valence-electron chi connectivity index (χ2n) is 22.4. The first-order valence-electron chi connectivity index (χ1n) is 27.4. The molecule has 1 amide bonds. The number of rotatable bonds is 5. The van der Waals surface area contributed by atoms with E-state index in [-0.39, 0.29) is 19.4 Å². The summed E-state index contributed by atoms with van der Waals surface area (Å²) in [6.07, 6.45) is 11.4. The van der Waals surface area contributed by atoms with Crippen molar-refractivity contribution in [2.45, 2.75) is 122 Å². The predicted octanol–water partition coefficient (Wildman–Crippen LogP) is 12.9. The fraction of sp³-hybridized carbons (Fsp3) is 0.492. The number of piperidine rings is 4. The number of benzene rings is 5. The number of aryl methyl sites for hydroxylation is 3. The third-order valence-electron chi connectivity index (χ3n) is 18.0. The highest BCUT2D eigenvalue weighted by Gasteiger charge is 2.42. The van der Waals surface area contributed by atoms with Gasteiger partial charge in [0.15, 0.2) is 5.11 Å². The van der Waals surface area contributed by atoms with Crippen LogP contribution in [0.2, 0.25) is 0 Å². The van der Waals surface area contributed by atoms with Gasteiger partial charge in [-0.3, -0.25) is 14.6 Å². The number of fused-ring (bicyclic) bond motifs is 15. The molecule has 386 valence electrons. The molecule has 5 saturated heterocycles. The van der Waals surface area contributed by atoms with E-state index in [9.17, 15) is 4.79 Å². The molecule has 5 aromatic rings. The van der Waals surface area contributed by atoms with Gasteiger partial charge in [-0.15, -0.1) is 0 Å². The van der Waals surface area contributed by atoms with Crippen molar-refractivity contribution in [1.29, 1.82) is 0 Å². The van der Waals surface area contributed by atoms with Gasteiger partial charge in [0, 0.05) is 80.5 Å². The number of nitrogens with zero attached hydrogens (tertiary/aromatic N) is 6. The number of hydrogen-bond donors (Lipinski definition) is 1. The Hall–Kier alpha value is -5.42. The smallest absolute Gasteiger partial charge is 0.254 e. The summed E-state index contributed by atoms with van der Waals surface area (Å²) < 4.78 is 5.30. The normalized spacial score (nSPS) is 24.5. The number of nitrogens with one attached hydrogen (secondary N) is 1. The monoisotopic (exact) mass is 1000 g/mol. The molecule has 5 aliphatic heterocycles. The molecule has 9 nitrogen and oxygen atoms in total. The van der Waals surface area contributed by atoms with E-state index in [2.05, 4.69) is 130 Å². The Morgan fingerprint density at radius 1 is 0.562 bits per heavy atom. The number of carbonyl (C=O) groups is 1. The summed E-state index contributed by atoms with van der Waals surface area (Å²) in [7, 11) is 6.23. The van der Waals surface area contributed by atoms with E-state index in [4.69, 9.17) is 17.0 Å². The van der Waals surface area contributed by atoms with Crippen molar-refractivity contribution in [1.82, 2.24) is 19.6 Å². The van der Waals surface area contributed by atoms with Crippen LogP contribution in [0.4, 0.5) is 17.1 Å². The molecule has 8 aliphatic rings. The number of anilines is 3. The summed E-state index contributed by atoms with van der Waals surface area (Å²) in [6.45, 7) is 15.9. The Bertz CT molecular complexity index is 2800. The van der Waals surface area contributed by atoms with E-state index < -0.39 is 0 Å². The van der Waals surface area contributed by atoms with Gasteiger partial charge in [0.1, 0.15) is 5.75 Å². The lowest BCUT2D eigenvalue weighted by Gasteiger charge is -2.37. The lowest BCUT2D eigenvalue weighted by Crippen LogP contribution is -2.50. The largest absolute Gasteiger partial charge is 0.497 e. The van der Waals surface area contributed by atoms with Crippen LogP contribution in [0.5, 0.6) is 5.75 Å². The molecule has 0 saturated carbocycles. The maximum Gasteiger partial charge on any atom is 0.254 e. The number of thiocarbonyl (C=S) groups is 1. The van der Waals surface area contributed by atoms with Crippen molar-refractivity contribution in [3.8, 4) is 5.75 Å². The standard InChI is InChI=1S/C25H32N4OS.C24H28N2O.C13H17N.CH4/c1-17-14-20(30-3)5-7-23(17)26-25(31)29-12-10-28(11-13-29)19-4-6-21-22(16-19)18-8-9-27(2)24(21)15-18;1-17-6-5-7-19(14-17)24(27)26-13-10-18-15-23(26)22-16-20(8-9-21(18)22)25-11-3-2-4-12-25;1-9-3-4-11-10-5-6-14(2)13(8-10)12(11)7-9;/h4-7,14,16,18,24H,8-13,15H2,1-3H3,(H,26,31);5-9,14,16,18,23H,2-4,10-13,15H2,1H3;3-4,7,10,13H,5-6,8H2,1-2H3;1H4/t18-,24+;18-,23+;10-,13+;/m111./s1. The van der Waals surface area contributed by atoms with Gasteiger partial charge < -0.3 is 29.7 Å². The van der Waals surface area contributed by atoms with Crippen LogP contribution in [0.15, 0.2) is 97.1 Å². The molecule has 6 bridgehead atoms. The number of likely N-dealkylation sites (tertiary alicyclic amines) is 3. The number of piperazine rings is 1. The van der Waals surface area contributed by atoms with Crippen LogP contribution in [0, 0.1) is 20.8 Å². The van der Waals surface area contributed by atoms with Crippen molar-refractivity contribution in [2.24, 2.45) is 0 Å². The van der Waals surface area contributed by atoms with E-state index in [1.165, 1.54) is 99.2 Å². The zero-order chi connectivity index (χ0) is 49.6. The molecule has 6 atom stereocenters. The first kappa shape index (κ1) is 51.1. The second-order valence-corrected chi connectivity index (χ2v) is 22.8. The zero-order valence-electron chi connectivity index (χ0n) is 43.8. The van der Waals surface area contributed by atoms with Crippen LogP contribution in [-0.2, 0) is 0 Å². The molecule has 1 N–H and O–H groups in total. The lowest BCUT2D eigenvalue weighted by molar-refractivity contribution is 0.0620. The molecule has 0 spiro atoms. The van der Waals surface area contributed by atoms with E-state index in [1.54, 1.807) is 29.4 Å². The van der Waals surface area contributed by atoms with Crippen LogP contribution in [0.3, 0.4) is 0 Å². The van der Waals surface area contributed by atoms with Gasteiger partial charge in [-0.05, 0) is 229 Å². The van der Waals surface area contributed by atoms with Gasteiger partial charge in [0.2, 0.25) is 0 Å². The highest BCUT2D eigenvalue weighted by molar-refractivity contribution is 7.80. The topological polar surface area (TPSA) is 57.8 Å². The Kier molecular flexibility index (Phi) is 15.3. The van der Waals surface area contributed by atoms with Gasteiger partial charge >= 0.3 is 0 Å². The van der Waals surface area contributed by atoms with Crippen LogP contribution >= 0.6 is 12.2 Å². The summed E-state index contributed by atoms with van der Waals surface area (Å²) in [5, 5.41) is 4.23. The van der Waals surface area contributed by atoms with Gasteiger partial charge in [-0.25, -0.2) is 0 Å². The number of methoxy groups -OCH3 is 1. The molecule has 13 rings (SSSR count). The summed E-state index contributed by atoms with van der Waals surface area (Å²) in [5.41, 5.74) is 17.6. The van der Waals surface area contributed by atoms with Crippen molar-refractivity contribution in [3.05, 3.63) is 153 Å². The minimum Gasteiger partial charge on any atom is -0.497 e. The number of hydrogen-bond acceptors (Lipinski definition) is 7. The molecule has 3 aliphatic carbocycles. The van der Waals surface area contributed by atoms with Crippen LogP contribution < -0.4 is 19.9 Å². The second kappa shape index (κ2) is 21.8. The Balaban J connectivity index is 0.000000133. The Morgan fingerprint density at radius 2 is 1.14 bits per heavy atom. The van der Waals surface area contributed by atoms with Crippen LogP contribution in [0.25, 0.3) is 0 Å². The van der Waals surface area contributed by atoms with Crippen molar-refractivity contribution in [3.63, 3.8) is 0 Å². The lowest BCUT2D eigenvalue weighted by atomic mass is 9.95. The molecule has 5 aromatic carbocycles. The summed E-state index contributed by atoms with van der Waals surface area (Å²) in [5.74, 6) is 3.29. The maximum atomic E-state index is 13.3. The maximum absolute atomic E-state index is 13.3. The van der Waals surface area contributed by atoms with Gasteiger partial charge in [0.25, 0.3) is 5.91 Å². The Labute approximate surface area is 442 Å². The molecule has 5 fully saturated rings. The molecule has 0 aromatic heterocycles. The molecule has 10 heteroatoms. The molecule has 73 heavy (non-hydrogen) atoms. The first-order valence-corrected chi connectivity index (χ1v) is 27.8. The SMILES string of the molecule is C.COc1ccc(NC(=S)N2CCN(c3ccc4c(c3)[C@@H]3CCN(C)[C@H]4C3)CC2)c(C)c1.Cc1ccc2c(c1)[C@@H]1C[C@H]2CCN1C.Cc1cccc(C(=O)N2CC[C@@H]3C[C@H]2c2cc(N4CCCCC4)ccc23)c1. The molecule has 0 unspecified atom stereocenters. The molecular formula is C63H81N7O2S. The third-order valence-corrected chi connectivity index (χ3v) is 18.3.